The molecule has 1 fully saturated rings. The van der Waals surface area contributed by atoms with Crippen molar-refractivity contribution in [2.45, 2.75) is 6.42 Å². The molecule has 2 amide bonds. The number of nitrogens with one attached hydrogen (secondary N) is 1. The maximum absolute atomic E-state index is 13.1. The lowest BCUT2D eigenvalue weighted by Gasteiger charge is -2.34. The molecule has 7 nitrogen and oxygen atoms in total. The molecule has 0 saturated carbocycles. The van der Waals surface area contributed by atoms with Crippen LogP contribution in [0.5, 0.6) is 0 Å². The van der Waals surface area contributed by atoms with Crippen LogP contribution in [0, 0.1) is 11.6 Å². The van der Waals surface area contributed by atoms with Gasteiger partial charge in [0, 0.05) is 50.3 Å². The average molecular weight is 361 g/mol. The fourth-order valence-corrected chi connectivity index (χ4v) is 2.64. The van der Waals surface area contributed by atoms with Crippen LogP contribution in [0.25, 0.3) is 0 Å². The van der Waals surface area contributed by atoms with Gasteiger partial charge in [0.15, 0.2) is 11.6 Å². The van der Waals surface area contributed by atoms with Gasteiger partial charge in [-0.2, -0.15) is 0 Å². The van der Waals surface area contributed by atoms with Gasteiger partial charge in [0.05, 0.1) is 0 Å². The van der Waals surface area contributed by atoms with Gasteiger partial charge in [0.25, 0.3) is 0 Å². The highest BCUT2D eigenvalue weighted by Crippen LogP contribution is 2.14. The number of carbonyl (C=O) groups is 2. The van der Waals surface area contributed by atoms with E-state index >= 15 is 0 Å². The molecule has 1 aromatic heterocycles. The fraction of sp³-hybridized carbons (Fsp3) is 0.294. The predicted octanol–water partition coefficient (Wildman–Crippen LogP) is 1.43. The maximum Gasteiger partial charge on any atom is 0.233 e. The lowest BCUT2D eigenvalue weighted by Crippen LogP contribution is -2.49. The minimum Gasteiger partial charge on any atom is -0.339 e. The number of halogens is 2. The molecular weight excluding hydrogens is 344 g/mol. The Hall–Kier alpha value is -3.10. The molecule has 3 rings (SSSR count). The Balaban J connectivity index is 1.49. The van der Waals surface area contributed by atoms with Crippen molar-refractivity contribution in [1.82, 2.24) is 14.9 Å². The van der Waals surface area contributed by atoms with E-state index in [0.717, 1.165) is 12.1 Å². The van der Waals surface area contributed by atoms with E-state index in [-0.39, 0.29) is 18.0 Å². The first-order valence-corrected chi connectivity index (χ1v) is 8.07. The number of aromatic nitrogens is 2. The van der Waals surface area contributed by atoms with Crippen LogP contribution in [0.3, 0.4) is 0 Å². The minimum atomic E-state index is -1.06. The summed E-state index contributed by atoms with van der Waals surface area (Å²) < 4.78 is 26.0. The fourth-order valence-electron chi connectivity index (χ4n) is 2.64. The normalized spacial score (nSPS) is 14.2. The van der Waals surface area contributed by atoms with Gasteiger partial charge in [-0.25, -0.2) is 18.7 Å². The summed E-state index contributed by atoms with van der Waals surface area (Å²) >= 11 is 0. The van der Waals surface area contributed by atoms with E-state index in [2.05, 4.69) is 15.3 Å². The third-order valence-corrected chi connectivity index (χ3v) is 3.98. The molecule has 1 aliphatic rings. The Morgan fingerprint density at radius 1 is 1.04 bits per heavy atom. The van der Waals surface area contributed by atoms with Crippen molar-refractivity contribution in [2.75, 3.05) is 36.4 Å². The van der Waals surface area contributed by atoms with E-state index in [1.165, 1.54) is 6.07 Å². The molecule has 1 N–H and O–H groups in total. The van der Waals surface area contributed by atoms with Crippen LogP contribution in [0.4, 0.5) is 20.4 Å². The van der Waals surface area contributed by atoms with Gasteiger partial charge in [-0.1, -0.05) is 0 Å². The molecule has 0 spiro atoms. The largest absolute Gasteiger partial charge is 0.339 e. The minimum absolute atomic E-state index is 0.104. The van der Waals surface area contributed by atoms with Gasteiger partial charge in [-0.3, -0.25) is 9.59 Å². The Labute approximate surface area is 148 Å². The second kappa shape index (κ2) is 7.85. The monoisotopic (exact) mass is 361 g/mol. The number of hydrogen-bond acceptors (Lipinski definition) is 5. The lowest BCUT2D eigenvalue weighted by molar-refractivity contribution is -0.134. The predicted molar refractivity (Wildman–Crippen MR) is 90.4 cm³/mol. The number of rotatable bonds is 4. The van der Waals surface area contributed by atoms with Crippen molar-refractivity contribution >= 4 is 23.5 Å². The van der Waals surface area contributed by atoms with Crippen molar-refractivity contribution in [3.8, 4) is 0 Å². The molecule has 2 aromatic rings. The molecular formula is C17H17F2N5O2. The second-order valence-electron chi connectivity index (χ2n) is 5.77. The summed E-state index contributed by atoms with van der Waals surface area (Å²) in [5.41, 5.74) is 0.104. The third kappa shape index (κ3) is 4.29. The topological polar surface area (TPSA) is 78.4 Å². The zero-order chi connectivity index (χ0) is 18.5. The molecule has 26 heavy (non-hydrogen) atoms. The summed E-state index contributed by atoms with van der Waals surface area (Å²) in [6.45, 7) is 2.05. The zero-order valence-corrected chi connectivity index (χ0v) is 13.9. The number of carbonyl (C=O) groups excluding carboxylic acids is 2. The summed E-state index contributed by atoms with van der Waals surface area (Å²) in [6, 6.07) is 4.75. The SMILES string of the molecule is O=C(CC(=O)N1CCN(c2ncccn2)CC1)Nc1ccc(F)c(F)c1. The molecule has 0 atom stereocenters. The molecule has 136 valence electrons. The molecule has 0 bridgehead atoms. The Morgan fingerprint density at radius 3 is 2.38 bits per heavy atom. The van der Waals surface area contributed by atoms with Crippen molar-refractivity contribution in [3.05, 3.63) is 48.3 Å². The first kappa shape index (κ1) is 17.7. The highest BCUT2D eigenvalue weighted by atomic mass is 19.2. The summed E-state index contributed by atoms with van der Waals surface area (Å²) in [6.07, 6.45) is 2.95. The quantitative estimate of drug-likeness (QED) is 0.834. The van der Waals surface area contributed by atoms with Gasteiger partial charge >= 0.3 is 0 Å². The van der Waals surface area contributed by atoms with E-state index in [4.69, 9.17) is 0 Å². The molecule has 1 aliphatic heterocycles. The van der Waals surface area contributed by atoms with E-state index in [0.29, 0.717) is 32.1 Å². The van der Waals surface area contributed by atoms with Crippen molar-refractivity contribution in [3.63, 3.8) is 0 Å². The molecule has 1 saturated heterocycles. The van der Waals surface area contributed by atoms with Gasteiger partial charge in [0.1, 0.15) is 6.42 Å². The molecule has 0 radical (unpaired) electrons. The third-order valence-electron chi connectivity index (χ3n) is 3.98. The van der Waals surface area contributed by atoms with Crippen LogP contribution in [0.15, 0.2) is 36.7 Å². The van der Waals surface area contributed by atoms with Gasteiger partial charge in [0.2, 0.25) is 17.8 Å². The summed E-state index contributed by atoms with van der Waals surface area (Å²) in [5, 5.41) is 2.39. The first-order chi connectivity index (χ1) is 12.5. The molecule has 0 unspecified atom stereocenters. The summed E-state index contributed by atoms with van der Waals surface area (Å²) in [4.78, 5) is 36.1. The number of anilines is 2. The zero-order valence-electron chi connectivity index (χ0n) is 13.9. The average Bonchev–Trinajstić information content (AvgIpc) is 2.65. The van der Waals surface area contributed by atoms with E-state index in [1.807, 2.05) is 4.90 Å². The van der Waals surface area contributed by atoms with Crippen LogP contribution in [0.2, 0.25) is 0 Å². The van der Waals surface area contributed by atoms with E-state index < -0.39 is 17.5 Å². The number of benzene rings is 1. The van der Waals surface area contributed by atoms with Gasteiger partial charge in [-0.15, -0.1) is 0 Å². The van der Waals surface area contributed by atoms with E-state index in [9.17, 15) is 18.4 Å². The maximum atomic E-state index is 13.1. The van der Waals surface area contributed by atoms with Gasteiger partial charge in [-0.05, 0) is 18.2 Å². The first-order valence-electron chi connectivity index (χ1n) is 8.07. The molecule has 9 heteroatoms. The van der Waals surface area contributed by atoms with Crippen molar-refractivity contribution < 1.29 is 18.4 Å². The Kier molecular flexibility index (Phi) is 5.35. The second-order valence-corrected chi connectivity index (χ2v) is 5.77. The number of nitrogens with zero attached hydrogens (tertiary/aromatic N) is 4. The lowest BCUT2D eigenvalue weighted by atomic mass is 10.2. The van der Waals surface area contributed by atoms with Gasteiger partial charge < -0.3 is 15.1 Å². The molecule has 0 aliphatic carbocycles. The summed E-state index contributed by atoms with van der Waals surface area (Å²) in [5.74, 6) is -2.35. The van der Waals surface area contributed by atoms with Crippen LogP contribution in [-0.4, -0.2) is 52.9 Å². The van der Waals surface area contributed by atoms with E-state index in [1.54, 1.807) is 23.4 Å². The van der Waals surface area contributed by atoms with Crippen molar-refractivity contribution in [1.29, 1.82) is 0 Å². The highest BCUT2D eigenvalue weighted by molar-refractivity contribution is 6.03. The molecule has 2 heterocycles. The Bertz CT molecular complexity index is 795. The standard InChI is InChI=1S/C17H17F2N5O2/c18-13-3-2-12(10-14(13)19)22-15(25)11-16(26)23-6-8-24(9-7-23)17-20-4-1-5-21-17/h1-5,10H,6-9,11H2,(H,22,25). The van der Waals surface area contributed by atoms with Crippen LogP contribution < -0.4 is 10.2 Å². The molecule has 1 aromatic carbocycles. The Morgan fingerprint density at radius 2 is 1.73 bits per heavy atom. The summed E-state index contributed by atoms with van der Waals surface area (Å²) in [7, 11) is 0. The highest BCUT2D eigenvalue weighted by Gasteiger charge is 2.24. The number of hydrogen-bond donors (Lipinski definition) is 1. The number of piperazine rings is 1. The van der Waals surface area contributed by atoms with Crippen LogP contribution in [-0.2, 0) is 9.59 Å². The van der Waals surface area contributed by atoms with Crippen molar-refractivity contribution in [2.24, 2.45) is 0 Å². The van der Waals surface area contributed by atoms with Crippen LogP contribution >= 0.6 is 0 Å². The smallest absolute Gasteiger partial charge is 0.233 e. The van der Waals surface area contributed by atoms with Crippen LogP contribution in [0.1, 0.15) is 6.42 Å². The number of amides is 2.